The van der Waals surface area contributed by atoms with Crippen LogP contribution in [0.1, 0.15) is 29.8 Å². The van der Waals surface area contributed by atoms with E-state index in [0.717, 1.165) is 12.0 Å². The van der Waals surface area contributed by atoms with Crippen LogP contribution >= 0.6 is 0 Å². The van der Waals surface area contributed by atoms with Crippen molar-refractivity contribution in [1.82, 2.24) is 15.2 Å². The van der Waals surface area contributed by atoms with Crippen LogP contribution in [-0.2, 0) is 16.4 Å². The molecule has 0 aliphatic rings. The summed E-state index contributed by atoms with van der Waals surface area (Å²) >= 11 is 0. The summed E-state index contributed by atoms with van der Waals surface area (Å²) in [5.41, 5.74) is 3.21. The van der Waals surface area contributed by atoms with Gasteiger partial charge in [0.15, 0.2) is 0 Å². The molecule has 7 nitrogen and oxygen atoms in total. The Morgan fingerprint density at radius 3 is 2.32 bits per heavy atom. The molecule has 25 heavy (non-hydrogen) atoms. The number of nitrogens with zero attached hydrogens (tertiary/aromatic N) is 2. The van der Waals surface area contributed by atoms with Crippen molar-refractivity contribution in [2.75, 3.05) is 4.72 Å². The van der Waals surface area contributed by atoms with Crippen LogP contribution < -0.4 is 4.72 Å². The molecule has 0 saturated heterocycles. The monoisotopic (exact) mass is 360 g/mol. The molecule has 0 fully saturated rings. The van der Waals surface area contributed by atoms with Gasteiger partial charge in [-0.3, -0.25) is 4.72 Å². The molecule has 8 heteroatoms. The van der Waals surface area contributed by atoms with Crippen molar-refractivity contribution in [2.45, 2.75) is 39.0 Å². The van der Waals surface area contributed by atoms with Crippen LogP contribution in [0.2, 0.25) is 0 Å². The number of H-pyrrole nitrogens is 1. The van der Waals surface area contributed by atoms with E-state index in [4.69, 9.17) is 4.42 Å². The van der Waals surface area contributed by atoms with Gasteiger partial charge in [-0.1, -0.05) is 19.1 Å². The normalized spacial score (nSPS) is 11.7. The number of aryl methyl sites for hydroxylation is 4. The lowest BCUT2D eigenvalue weighted by molar-refractivity contribution is 0.531. The molecular weight excluding hydrogens is 340 g/mol. The number of aromatic nitrogens is 3. The molecule has 0 radical (unpaired) electrons. The van der Waals surface area contributed by atoms with Crippen molar-refractivity contribution in [1.29, 1.82) is 0 Å². The van der Waals surface area contributed by atoms with Crippen molar-refractivity contribution < 1.29 is 12.8 Å². The van der Waals surface area contributed by atoms with Crippen molar-refractivity contribution in [2.24, 2.45) is 0 Å². The third-order valence-corrected chi connectivity index (χ3v) is 5.49. The van der Waals surface area contributed by atoms with Crippen molar-refractivity contribution >= 4 is 15.7 Å². The summed E-state index contributed by atoms with van der Waals surface area (Å²) in [6, 6.07) is 7.30. The third kappa shape index (κ3) is 3.30. The van der Waals surface area contributed by atoms with Gasteiger partial charge in [-0.15, -0.1) is 10.2 Å². The fraction of sp³-hybridized carbons (Fsp3) is 0.294. The Morgan fingerprint density at radius 1 is 1.08 bits per heavy atom. The molecule has 0 aliphatic heterocycles. The molecule has 0 atom stereocenters. The van der Waals surface area contributed by atoms with Crippen LogP contribution in [0, 0.1) is 20.8 Å². The van der Waals surface area contributed by atoms with E-state index in [0.29, 0.717) is 28.5 Å². The van der Waals surface area contributed by atoms with Crippen LogP contribution in [0.3, 0.4) is 0 Å². The average molecular weight is 360 g/mol. The zero-order valence-electron chi connectivity index (χ0n) is 14.5. The minimum absolute atomic E-state index is 0.119. The highest BCUT2D eigenvalue weighted by Gasteiger charge is 2.29. The first-order valence-corrected chi connectivity index (χ1v) is 9.41. The van der Waals surface area contributed by atoms with Gasteiger partial charge in [0.25, 0.3) is 15.9 Å². The molecule has 0 unspecified atom stereocenters. The van der Waals surface area contributed by atoms with Crippen LogP contribution in [0.4, 0.5) is 5.69 Å². The van der Waals surface area contributed by atoms with Crippen LogP contribution in [-0.4, -0.2) is 23.6 Å². The Kier molecular flexibility index (Phi) is 4.38. The Labute approximate surface area is 146 Å². The summed E-state index contributed by atoms with van der Waals surface area (Å²) in [6.45, 7) is 7.18. The predicted octanol–water partition coefficient (Wildman–Crippen LogP) is 3.35. The number of sulfonamides is 1. The Hall–Kier alpha value is -2.61. The lowest BCUT2D eigenvalue weighted by atomic mass is 10.2. The molecular formula is C17H20N4O3S. The SMILES string of the molecule is CCc1ccc(NS(=O)(=O)c2c(C)[nH]c(C)c2-c2nnc(C)o2)cc1. The van der Waals surface area contributed by atoms with Gasteiger partial charge in [0.05, 0.1) is 5.56 Å². The number of hydrogen-bond acceptors (Lipinski definition) is 5. The molecule has 0 spiro atoms. The van der Waals surface area contributed by atoms with E-state index < -0.39 is 10.0 Å². The molecule has 0 saturated carbocycles. The van der Waals surface area contributed by atoms with Crippen LogP contribution in [0.15, 0.2) is 33.6 Å². The summed E-state index contributed by atoms with van der Waals surface area (Å²) in [5, 5.41) is 7.76. The molecule has 3 rings (SSSR count). The first kappa shape index (κ1) is 17.2. The number of nitrogens with one attached hydrogen (secondary N) is 2. The summed E-state index contributed by atoms with van der Waals surface area (Å²) in [4.78, 5) is 3.17. The maximum atomic E-state index is 13.0. The first-order chi connectivity index (χ1) is 11.8. The largest absolute Gasteiger partial charge is 0.421 e. The van der Waals surface area contributed by atoms with E-state index in [1.54, 1.807) is 32.9 Å². The highest BCUT2D eigenvalue weighted by Crippen LogP contribution is 2.33. The standard InChI is InChI=1S/C17H20N4O3S/c1-5-13-6-8-14(9-7-13)21-25(22,23)16-11(3)18-10(2)15(16)17-20-19-12(4)24-17/h6-9,18,21H,5H2,1-4H3. The molecule has 2 N–H and O–H groups in total. The van der Waals surface area contributed by atoms with Gasteiger partial charge in [-0.25, -0.2) is 8.42 Å². The number of aromatic amines is 1. The lowest BCUT2D eigenvalue weighted by Gasteiger charge is -2.10. The number of anilines is 1. The maximum Gasteiger partial charge on any atom is 0.264 e. The molecule has 0 amide bonds. The van der Waals surface area contributed by atoms with Gasteiger partial charge in [0.1, 0.15) is 4.90 Å². The highest BCUT2D eigenvalue weighted by atomic mass is 32.2. The van der Waals surface area contributed by atoms with Gasteiger partial charge in [0, 0.05) is 24.0 Å². The molecule has 2 aromatic heterocycles. The minimum atomic E-state index is -3.82. The maximum absolute atomic E-state index is 13.0. The highest BCUT2D eigenvalue weighted by molar-refractivity contribution is 7.93. The summed E-state index contributed by atoms with van der Waals surface area (Å²) in [5.74, 6) is 0.556. The molecule has 0 bridgehead atoms. The van der Waals surface area contributed by atoms with Crippen molar-refractivity contribution in [3.8, 4) is 11.5 Å². The molecule has 132 valence electrons. The van der Waals surface area contributed by atoms with Gasteiger partial charge in [0.2, 0.25) is 5.89 Å². The quantitative estimate of drug-likeness (QED) is 0.726. The zero-order valence-corrected chi connectivity index (χ0v) is 15.4. The van der Waals surface area contributed by atoms with Crippen molar-refractivity contribution in [3.63, 3.8) is 0 Å². The van der Waals surface area contributed by atoms with Gasteiger partial charge in [-0.2, -0.15) is 0 Å². The summed E-state index contributed by atoms with van der Waals surface area (Å²) in [6.07, 6.45) is 0.893. The Bertz CT molecular complexity index is 1000. The van der Waals surface area contributed by atoms with Crippen LogP contribution in [0.5, 0.6) is 0 Å². The van der Waals surface area contributed by atoms with E-state index in [1.165, 1.54) is 0 Å². The summed E-state index contributed by atoms with van der Waals surface area (Å²) < 4.78 is 34.0. The zero-order chi connectivity index (χ0) is 18.2. The molecule has 2 heterocycles. The average Bonchev–Trinajstić information content (AvgIpc) is 3.10. The van der Waals surface area contributed by atoms with E-state index in [9.17, 15) is 8.42 Å². The number of benzene rings is 1. The van der Waals surface area contributed by atoms with E-state index in [1.807, 2.05) is 19.1 Å². The fourth-order valence-corrected chi connectivity index (χ4v) is 4.28. The Balaban J connectivity index is 2.05. The lowest BCUT2D eigenvalue weighted by Crippen LogP contribution is -2.14. The molecule has 0 aliphatic carbocycles. The molecule has 3 aromatic rings. The number of rotatable bonds is 5. The topological polar surface area (TPSA) is 101 Å². The minimum Gasteiger partial charge on any atom is -0.421 e. The van der Waals surface area contributed by atoms with Gasteiger partial charge in [-0.05, 0) is 38.0 Å². The second-order valence-corrected chi connectivity index (χ2v) is 7.48. The third-order valence-electron chi connectivity index (χ3n) is 3.94. The second-order valence-electron chi connectivity index (χ2n) is 5.86. The second kappa shape index (κ2) is 6.36. The van der Waals surface area contributed by atoms with E-state index in [-0.39, 0.29) is 10.8 Å². The van der Waals surface area contributed by atoms with E-state index >= 15 is 0 Å². The summed E-state index contributed by atoms with van der Waals surface area (Å²) in [7, 11) is -3.82. The van der Waals surface area contributed by atoms with Gasteiger partial charge < -0.3 is 9.40 Å². The fourth-order valence-electron chi connectivity index (χ4n) is 2.76. The first-order valence-electron chi connectivity index (χ1n) is 7.93. The molecule has 1 aromatic carbocycles. The Morgan fingerprint density at radius 2 is 1.76 bits per heavy atom. The smallest absolute Gasteiger partial charge is 0.264 e. The van der Waals surface area contributed by atoms with E-state index in [2.05, 4.69) is 19.9 Å². The van der Waals surface area contributed by atoms with Crippen molar-refractivity contribution in [3.05, 3.63) is 47.1 Å². The van der Waals surface area contributed by atoms with Crippen LogP contribution in [0.25, 0.3) is 11.5 Å². The predicted molar refractivity (Wildman–Crippen MR) is 94.9 cm³/mol. The van der Waals surface area contributed by atoms with Gasteiger partial charge >= 0.3 is 0 Å². The number of hydrogen-bond donors (Lipinski definition) is 2.